The zero-order chi connectivity index (χ0) is 19.9. The first-order valence-electron chi connectivity index (χ1n) is 8.90. The molecule has 0 atom stereocenters. The van der Waals surface area contributed by atoms with Gasteiger partial charge in [0.25, 0.3) is 0 Å². The molecule has 0 spiro atoms. The van der Waals surface area contributed by atoms with E-state index in [0.29, 0.717) is 22.4 Å². The summed E-state index contributed by atoms with van der Waals surface area (Å²) in [7, 11) is 3.26. The number of ether oxygens (including phenoxy) is 2. The van der Waals surface area contributed by atoms with E-state index in [1.807, 2.05) is 37.3 Å². The Hall–Kier alpha value is -2.99. The highest BCUT2D eigenvalue weighted by atomic mass is 35.5. The highest BCUT2D eigenvalue weighted by Gasteiger charge is 2.06. The zero-order valence-corrected chi connectivity index (χ0v) is 16.9. The minimum absolute atomic E-state index is 0.538. The summed E-state index contributed by atoms with van der Waals surface area (Å²) in [5, 5.41) is 7.14. The largest absolute Gasteiger partial charge is 0.497 e. The summed E-state index contributed by atoms with van der Waals surface area (Å²) in [6, 6.07) is 15.4. The average Bonchev–Trinajstić information content (AvgIpc) is 2.68. The molecule has 2 aromatic carbocycles. The first-order valence-corrected chi connectivity index (χ1v) is 9.28. The molecule has 0 aliphatic carbocycles. The van der Waals surface area contributed by atoms with Gasteiger partial charge >= 0.3 is 0 Å². The number of nitrogens with one attached hydrogen (secondary N) is 2. The Morgan fingerprint density at radius 3 is 2.36 bits per heavy atom. The summed E-state index contributed by atoms with van der Waals surface area (Å²) in [5.74, 6) is 3.63. The summed E-state index contributed by atoms with van der Waals surface area (Å²) in [5.41, 5.74) is 2.05. The second-order valence-electron chi connectivity index (χ2n) is 6.18. The molecule has 0 radical (unpaired) electrons. The van der Waals surface area contributed by atoms with Crippen LogP contribution in [0, 0.1) is 6.92 Å². The van der Waals surface area contributed by atoms with Crippen molar-refractivity contribution in [2.45, 2.75) is 13.3 Å². The Morgan fingerprint density at radius 1 is 0.929 bits per heavy atom. The normalized spacial score (nSPS) is 10.4. The van der Waals surface area contributed by atoms with Crippen LogP contribution in [0.4, 0.5) is 17.3 Å². The van der Waals surface area contributed by atoms with E-state index in [9.17, 15) is 0 Å². The molecule has 0 aliphatic rings. The third-order valence-corrected chi connectivity index (χ3v) is 4.44. The van der Waals surface area contributed by atoms with Gasteiger partial charge in [-0.2, -0.15) is 0 Å². The standard InChI is InChI=1S/C21H23ClN4O2/c1-14-24-20(23-11-10-15-4-7-17(27-2)8-5-15)13-21(25-14)26-16-6-9-19(28-3)18(22)12-16/h4-9,12-13H,10-11H2,1-3H3,(H2,23,24,25,26). The third-order valence-electron chi connectivity index (χ3n) is 4.14. The van der Waals surface area contributed by atoms with Crippen LogP contribution in [0.5, 0.6) is 11.5 Å². The number of nitrogens with zero attached hydrogens (tertiary/aromatic N) is 2. The maximum absolute atomic E-state index is 6.19. The second-order valence-corrected chi connectivity index (χ2v) is 6.59. The molecule has 1 heterocycles. The second kappa shape index (κ2) is 9.28. The number of rotatable bonds is 8. The lowest BCUT2D eigenvalue weighted by molar-refractivity contribution is 0.414. The molecule has 0 aliphatic heterocycles. The van der Waals surface area contributed by atoms with Crippen molar-refractivity contribution >= 4 is 28.9 Å². The van der Waals surface area contributed by atoms with E-state index >= 15 is 0 Å². The molecule has 3 rings (SSSR count). The average molecular weight is 399 g/mol. The number of aryl methyl sites for hydroxylation is 1. The van der Waals surface area contributed by atoms with Crippen molar-refractivity contribution in [3.8, 4) is 11.5 Å². The van der Waals surface area contributed by atoms with Gasteiger partial charge in [0.1, 0.15) is 29.0 Å². The monoisotopic (exact) mass is 398 g/mol. The molecule has 0 amide bonds. The van der Waals surface area contributed by atoms with E-state index in [0.717, 1.165) is 30.2 Å². The van der Waals surface area contributed by atoms with Crippen LogP contribution in [0.25, 0.3) is 0 Å². The zero-order valence-electron chi connectivity index (χ0n) is 16.1. The molecular weight excluding hydrogens is 376 g/mol. The fourth-order valence-electron chi connectivity index (χ4n) is 2.74. The number of hydrogen-bond donors (Lipinski definition) is 2. The molecule has 0 unspecified atom stereocenters. The molecule has 3 aromatic rings. The van der Waals surface area contributed by atoms with E-state index in [2.05, 4.69) is 32.7 Å². The number of aromatic nitrogens is 2. The van der Waals surface area contributed by atoms with Crippen LogP contribution < -0.4 is 20.1 Å². The van der Waals surface area contributed by atoms with E-state index < -0.39 is 0 Å². The summed E-state index contributed by atoms with van der Waals surface area (Å²) in [6.07, 6.45) is 0.879. The van der Waals surface area contributed by atoms with Gasteiger partial charge in [0.15, 0.2) is 0 Å². The number of hydrogen-bond acceptors (Lipinski definition) is 6. The number of benzene rings is 2. The summed E-state index contributed by atoms with van der Waals surface area (Å²) < 4.78 is 10.4. The van der Waals surface area contributed by atoms with Crippen LogP contribution in [-0.2, 0) is 6.42 Å². The molecule has 2 N–H and O–H groups in total. The maximum atomic E-state index is 6.19. The van der Waals surface area contributed by atoms with Gasteiger partial charge in [-0.3, -0.25) is 0 Å². The first kappa shape index (κ1) is 19.8. The van der Waals surface area contributed by atoms with Crippen molar-refractivity contribution in [2.75, 3.05) is 31.4 Å². The van der Waals surface area contributed by atoms with E-state index in [4.69, 9.17) is 21.1 Å². The lowest BCUT2D eigenvalue weighted by Gasteiger charge is -2.11. The topological polar surface area (TPSA) is 68.3 Å². The predicted molar refractivity (Wildman–Crippen MR) is 113 cm³/mol. The Balaban J connectivity index is 1.63. The van der Waals surface area contributed by atoms with E-state index in [-0.39, 0.29) is 0 Å². The van der Waals surface area contributed by atoms with Crippen molar-refractivity contribution in [3.63, 3.8) is 0 Å². The van der Waals surface area contributed by atoms with Gasteiger partial charge in [0, 0.05) is 18.3 Å². The maximum Gasteiger partial charge on any atom is 0.137 e. The predicted octanol–water partition coefficient (Wildman–Crippen LogP) is 4.85. The lowest BCUT2D eigenvalue weighted by Crippen LogP contribution is -2.08. The van der Waals surface area contributed by atoms with Gasteiger partial charge in [-0.25, -0.2) is 9.97 Å². The molecule has 6 nitrogen and oxygen atoms in total. The molecule has 28 heavy (non-hydrogen) atoms. The van der Waals surface area contributed by atoms with Gasteiger partial charge < -0.3 is 20.1 Å². The minimum Gasteiger partial charge on any atom is -0.497 e. The van der Waals surface area contributed by atoms with Crippen LogP contribution in [-0.4, -0.2) is 30.7 Å². The number of halogens is 1. The number of anilines is 3. The quantitative estimate of drug-likeness (QED) is 0.565. The van der Waals surface area contributed by atoms with Gasteiger partial charge in [-0.15, -0.1) is 0 Å². The van der Waals surface area contributed by atoms with Crippen LogP contribution in [0.15, 0.2) is 48.5 Å². The Kier molecular flexibility index (Phi) is 6.55. The van der Waals surface area contributed by atoms with Crippen molar-refractivity contribution < 1.29 is 9.47 Å². The molecule has 0 saturated heterocycles. The fourth-order valence-corrected chi connectivity index (χ4v) is 3.00. The molecule has 1 aromatic heterocycles. The first-order chi connectivity index (χ1) is 13.6. The van der Waals surface area contributed by atoms with Crippen molar-refractivity contribution in [1.82, 2.24) is 9.97 Å². The van der Waals surface area contributed by atoms with Crippen molar-refractivity contribution in [1.29, 1.82) is 0 Å². The summed E-state index contributed by atoms with van der Waals surface area (Å²) in [6.45, 7) is 2.62. The van der Waals surface area contributed by atoms with E-state index in [1.165, 1.54) is 5.56 Å². The SMILES string of the molecule is COc1ccc(CCNc2cc(Nc3ccc(OC)c(Cl)c3)nc(C)n2)cc1. The van der Waals surface area contributed by atoms with E-state index in [1.54, 1.807) is 20.3 Å². The van der Waals surface area contributed by atoms with Crippen LogP contribution in [0.1, 0.15) is 11.4 Å². The molecule has 0 bridgehead atoms. The molecule has 146 valence electrons. The Labute approximate surface area is 169 Å². The van der Waals surface area contributed by atoms with Crippen molar-refractivity contribution in [3.05, 3.63) is 64.9 Å². The molecule has 0 fully saturated rings. The minimum atomic E-state index is 0.538. The molecule has 0 saturated carbocycles. The highest BCUT2D eigenvalue weighted by molar-refractivity contribution is 6.32. The van der Waals surface area contributed by atoms with Gasteiger partial charge in [-0.1, -0.05) is 23.7 Å². The fraction of sp³-hybridized carbons (Fsp3) is 0.238. The lowest BCUT2D eigenvalue weighted by atomic mass is 10.1. The van der Waals surface area contributed by atoms with Gasteiger partial charge in [-0.05, 0) is 49.2 Å². The Bertz CT molecular complexity index is 932. The Morgan fingerprint density at radius 2 is 1.68 bits per heavy atom. The summed E-state index contributed by atoms with van der Waals surface area (Å²) >= 11 is 6.19. The van der Waals surface area contributed by atoms with Crippen molar-refractivity contribution in [2.24, 2.45) is 0 Å². The molecule has 7 heteroatoms. The smallest absolute Gasteiger partial charge is 0.137 e. The summed E-state index contributed by atoms with van der Waals surface area (Å²) in [4.78, 5) is 8.89. The number of methoxy groups -OCH3 is 2. The highest BCUT2D eigenvalue weighted by Crippen LogP contribution is 2.28. The van der Waals surface area contributed by atoms with Gasteiger partial charge in [0.2, 0.25) is 0 Å². The third kappa shape index (κ3) is 5.27. The van der Waals surface area contributed by atoms with Crippen LogP contribution in [0.3, 0.4) is 0 Å². The van der Waals surface area contributed by atoms with Crippen LogP contribution >= 0.6 is 11.6 Å². The van der Waals surface area contributed by atoms with Gasteiger partial charge in [0.05, 0.1) is 19.2 Å². The van der Waals surface area contributed by atoms with Crippen LogP contribution in [0.2, 0.25) is 5.02 Å². The molecular formula is C21H23ClN4O2.